The molecule has 0 aromatic heterocycles. The zero-order chi connectivity index (χ0) is 20.2. The quantitative estimate of drug-likeness (QED) is 0.521. The minimum Gasteiger partial charge on any atom is -0.493 e. The molecule has 4 amide bonds. The fraction of sp³-hybridized carbons (Fsp3) is 0.0870. The third-order valence-corrected chi connectivity index (χ3v) is 4.65. The van der Waals surface area contributed by atoms with E-state index in [1.54, 1.807) is 24.3 Å². The summed E-state index contributed by atoms with van der Waals surface area (Å²) in [5, 5.41) is 6.52. The average molecular weight is 386 g/mol. The van der Waals surface area contributed by atoms with Gasteiger partial charge in [0.15, 0.2) is 0 Å². The van der Waals surface area contributed by atoms with E-state index in [2.05, 4.69) is 24.3 Å². The molecule has 0 bridgehead atoms. The number of carbonyl (C=O) groups excluding carboxylic acids is 3. The van der Waals surface area contributed by atoms with Crippen molar-refractivity contribution in [1.82, 2.24) is 10.6 Å². The number of fused-ring (bicyclic) bond motifs is 1. The summed E-state index contributed by atoms with van der Waals surface area (Å²) in [5.74, 6) is -0.733. The SMILES string of the molecule is O=C1NC(=O)C(=Cc2ccc(OCCc3cccc4ccccc34)cc2)C(=O)N1. The molecule has 144 valence electrons. The first kappa shape index (κ1) is 18.4. The van der Waals surface area contributed by atoms with E-state index in [1.165, 1.54) is 22.4 Å². The lowest BCUT2D eigenvalue weighted by atomic mass is 10.0. The van der Waals surface area contributed by atoms with Gasteiger partial charge in [-0.1, -0.05) is 54.6 Å². The second kappa shape index (κ2) is 7.98. The predicted octanol–water partition coefficient (Wildman–Crippen LogP) is 3.21. The average Bonchev–Trinajstić information content (AvgIpc) is 2.72. The molecule has 1 aliphatic heterocycles. The van der Waals surface area contributed by atoms with Crippen molar-refractivity contribution >= 4 is 34.7 Å². The topological polar surface area (TPSA) is 84.5 Å². The molecule has 1 fully saturated rings. The first-order valence-corrected chi connectivity index (χ1v) is 9.18. The van der Waals surface area contributed by atoms with Gasteiger partial charge in [0.25, 0.3) is 11.8 Å². The van der Waals surface area contributed by atoms with Gasteiger partial charge in [0.2, 0.25) is 0 Å². The van der Waals surface area contributed by atoms with Crippen LogP contribution < -0.4 is 15.4 Å². The second-order valence-corrected chi connectivity index (χ2v) is 6.60. The van der Waals surface area contributed by atoms with Gasteiger partial charge in [-0.25, -0.2) is 4.79 Å². The predicted molar refractivity (Wildman–Crippen MR) is 109 cm³/mol. The molecule has 0 atom stereocenters. The number of hydrogen-bond donors (Lipinski definition) is 2. The molecule has 0 radical (unpaired) electrons. The fourth-order valence-corrected chi connectivity index (χ4v) is 3.22. The molecule has 2 N–H and O–H groups in total. The van der Waals surface area contributed by atoms with E-state index in [-0.39, 0.29) is 5.57 Å². The maximum atomic E-state index is 11.8. The van der Waals surface area contributed by atoms with E-state index >= 15 is 0 Å². The Morgan fingerprint density at radius 3 is 2.24 bits per heavy atom. The fourth-order valence-electron chi connectivity index (χ4n) is 3.22. The smallest absolute Gasteiger partial charge is 0.328 e. The van der Waals surface area contributed by atoms with Crippen molar-refractivity contribution in [2.75, 3.05) is 6.61 Å². The molecular formula is C23H18N2O4. The van der Waals surface area contributed by atoms with Gasteiger partial charge in [-0.15, -0.1) is 0 Å². The molecule has 29 heavy (non-hydrogen) atoms. The number of rotatable bonds is 5. The third-order valence-electron chi connectivity index (χ3n) is 4.65. The number of ether oxygens (including phenoxy) is 1. The summed E-state index contributed by atoms with van der Waals surface area (Å²) in [6.45, 7) is 0.529. The highest BCUT2D eigenvalue weighted by Crippen LogP contribution is 2.20. The molecule has 3 aromatic carbocycles. The number of amides is 4. The Balaban J connectivity index is 1.40. The van der Waals surface area contributed by atoms with Crippen LogP contribution in [-0.2, 0) is 16.0 Å². The maximum absolute atomic E-state index is 11.8. The Morgan fingerprint density at radius 1 is 0.793 bits per heavy atom. The monoisotopic (exact) mass is 386 g/mol. The Labute approximate surface area is 167 Å². The summed E-state index contributed by atoms with van der Waals surface area (Å²) in [4.78, 5) is 34.6. The van der Waals surface area contributed by atoms with Gasteiger partial charge >= 0.3 is 6.03 Å². The molecule has 1 heterocycles. The second-order valence-electron chi connectivity index (χ2n) is 6.60. The molecule has 0 saturated carbocycles. The molecule has 1 saturated heterocycles. The number of urea groups is 1. The van der Waals surface area contributed by atoms with Crippen LogP contribution in [0.25, 0.3) is 16.8 Å². The lowest BCUT2D eigenvalue weighted by molar-refractivity contribution is -0.123. The molecule has 6 heteroatoms. The first-order chi connectivity index (χ1) is 14.1. The van der Waals surface area contributed by atoms with Crippen LogP contribution in [0.5, 0.6) is 5.75 Å². The van der Waals surface area contributed by atoms with Crippen molar-refractivity contribution in [3.8, 4) is 5.75 Å². The summed E-state index contributed by atoms with van der Waals surface area (Å²) in [5.41, 5.74) is 1.77. The largest absolute Gasteiger partial charge is 0.493 e. The van der Waals surface area contributed by atoms with Crippen LogP contribution in [0.2, 0.25) is 0 Å². The minimum atomic E-state index is -0.813. The summed E-state index contributed by atoms with van der Waals surface area (Å²) < 4.78 is 5.84. The van der Waals surface area contributed by atoms with Gasteiger partial charge in [-0.2, -0.15) is 0 Å². The molecule has 4 rings (SSSR count). The lowest BCUT2D eigenvalue weighted by Crippen LogP contribution is -2.51. The van der Waals surface area contributed by atoms with E-state index < -0.39 is 17.8 Å². The van der Waals surface area contributed by atoms with Gasteiger partial charge in [-0.3, -0.25) is 20.2 Å². The molecule has 1 aliphatic rings. The van der Waals surface area contributed by atoms with Crippen LogP contribution in [0.15, 0.2) is 72.3 Å². The van der Waals surface area contributed by atoms with Crippen LogP contribution in [0.1, 0.15) is 11.1 Å². The van der Waals surface area contributed by atoms with Crippen LogP contribution in [0.4, 0.5) is 4.79 Å². The number of imide groups is 2. The zero-order valence-corrected chi connectivity index (χ0v) is 15.5. The van der Waals surface area contributed by atoms with E-state index in [1.807, 2.05) is 28.8 Å². The van der Waals surface area contributed by atoms with Crippen molar-refractivity contribution in [1.29, 1.82) is 0 Å². The van der Waals surface area contributed by atoms with Gasteiger partial charge in [0.05, 0.1) is 6.61 Å². The van der Waals surface area contributed by atoms with E-state index in [0.29, 0.717) is 17.9 Å². The Hall–Kier alpha value is -3.93. The van der Waals surface area contributed by atoms with E-state index in [9.17, 15) is 14.4 Å². The van der Waals surface area contributed by atoms with Gasteiger partial charge in [0.1, 0.15) is 11.3 Å². The van der Waals surface area contributed by atoms with Crippen LogP contribution in [-0.4, -0.2) is 24.5 Å². The standard InChI is InChI=1S/C23H18N2O4/c26-21-20(22(27)25-23(28)24-21)14-15-8-10-18(11-9-15)29-13-12-17-6-3-5-16-4-1-2-7-19(16)17/h1-11,14H,12-13H2,(H2,24,25,26,27,28). The summed E-state index contributed by atoms with van der Waals surface area (Å²) in [7, 11) is 0. The molecule has 0 unspecified atom stereocenters. The van der Waals surface area contributed by atoms with Crippen molar-refractivity contribution in [3.63, 3.8) is 0 Å². The number of carbonyl (C=O) groups is 3. The van der Waals surface area contributed by atoms with Gasteiger partial charge < -0.3 is 4.74 Å². The molecule has 3 aromatic rings. The highest BCUT2D eigenvalue weighted by molar-refractivity contribution is 6.31. The Kier molecular flexibility index (Phi) is 5.07. The Bertz CT molecular complexity index is 1110. The van der Waals surface area contributed by atoms with Crippen LogP contribution in [0, 0.1) is 0 Å². The number of hydrogen-bond acceptors (Lipinski definition) is 4. The van der Waals surface area contributed by atoms with Crippen molar-refractivity contribution in [2.24, 2.45) is 0 Å². The van der Waals surface area contributed by atoms with E-state index in [4.69, 9.17) is 4.74 Å². The maximum Gasteiger partial charge on any atom is 0.328 e. The highest BCUT2D eigenvalue weighted by Gasteiger charge is 2.27. The number of barbiturate groups is 1. The van der Waals surface area contributed by atoms with Crippen molar-refractivity contribution < 1.29 is 19.1 Å². The summed E-state index contributed by atoms with van der Waals surface area (Å²) in [6.07, 6.45) is 2.21. The third kappa shape index (κ3) is 4.16. The number of benzene rings is 3. The molecular weight excluding hydrogens is 368 g/mol. The van der Waals surface area contributed by atoms with Crippen molar-refractivity contribution in [3.05, 3.63) is 83.4 Å². The van der Waals surface area contributed by atoms with Gasteiger partial charge in [-0.05, 0) is 40.1 Å². The van der Waals surface area contributed by atoms with Gasteiger partial charge in [0, 0.05) is 6.42 Å². The first-order valence-electron chi connectivity index (χ1n) is 9.18. The summed E-state index contributed by atoms with van der Waals surface area (Å²) in [6, 6.07) is 20.7. The normalized spacial score (nSPS) is 13.8. The minimum absolute atomic E-state index is 0.116. The highest BCUT2D eigenvalue weighted by atomic mass is 16.5. The van der Waals surface area contributed by atoms with Crippen LogP contribution in [0.3, 0.4) is 0 Å². The summed E-state index contributed by atoms with van der Waals surface area (Å²) >= 11 is 0. The van der Waals surface area contributed by atoms with Crippen LogP contribution >= 0.6 is 0 Å². The molecule has 0 spiro atoms. The molecule has 6 nitrogen and oxygen atoms in total. The lowest BCUT2D eigenvalue weighted by Gasteiger charge is -2.14. The zero-order valence-electron chi connectivity index (χ0n) is 15.5. The Morgan fingerprint density at radius 2 is 1.48 bits per heavy atom. The number of nitrogens with one attached hydrogen (secondary N) is 2. The van der Waals surface area contributed by atoms with E-state index in [0.717, 1.165) is 6.42 Å². The molecule has 0 aliphatic carbocycles. The van der Waals surface area contributed by atoms with Crippen molar-refractivity contribution in [2.45, 2.75) is 6.42 Å².